The number of amides is 2. The van der Waals surface area contributed by atoms with E-state index in [0.717, 1.165) is 38.9 Å². The second kappa shape index (κ2) is 8.59. The molecule has 1 aromatic carbocycles. The summed E-state index contributed by atoms with van der Waals surface area (Å²) in [5.41, 5.74) is 0.661. The van der Waals surface area contributed by atoms with Crippen LogP contribution in [0.3, 0.4) is 0 Å². The highest BCUT2D eigenvalue weighted by Gasteiger charge is 2.38. The maximum atomic E-state index is 12.9. The molecule has 2 saturated heterocycles. The van der Waals surface area contributed by atoms with Crippen LogP contribution in [0.1, 0.15) is 25.7 Å². The van der Waals surface area contributed by atoms with E-state index in [2.05, 4.69) is 5.32 Å². The Morgan fingerprint density at radius 1 is 1.19 bits per heavy atom. The number of nitrogens with one attached hydrogen (secondary N) is 1. The number of nitrogens with zero attached hydrogens (tertiary/aromatic N) is 2. The second-order valence-electron chi connectivity index (χ2n) is 7.19. The fourth-order valence-corrected chi connectivity index (χ4v) is 4.38. The van der Waals surface area contributed by atoms with Crippen LogP contribution in [0.2, 0.25) is 10.0 Å². The maximum absolute atomic E-state index is 12.9. The third-order valence-corrected chi connectivity index (χ3v) is 5.80. The van der Waals surface area contributed by atoms with Gasteiger partial charge in [0, 0.05) is 41.8 Å². The van der Waals surface area contributed by atoms with Gasteiger partial charge in [0.1, 0.15) is 0 Å². The van der Waals surface area contributed by atoms with Gasteiger partial charge in [-0.15, -0.1) is 0 Å². The number of anilines is 1. The number of carbonyl (C=O) groups is 2. The topological polar surface area (TPSA) is 52.7 Å². The van der Waals surface area contributed by atoms with Crippen molar-refractivity contribution in [3.8, 4) is 0 Å². The molecule has 1 atom stereocenters. The molecule has 0 bridgehead atoms. The molecule has 7 heteroatoms. The third kappa shape index (κ3) is 4.51. The highest BCUT2D eigenvalue weighted by atomic mass is 35.5. The summed E-state index contributed by atoms with van der Waals surface area (Å²) in [5.74, 6) is 0.447. The van der Waals surface area contributed by atoms with Gasteiger partial charge in [0.15, 0.2) is 0 Å². The maximum Gasteiger partial charge on any atom is 0.228 e. The fraction of sp³-hybridized carbons (Fsp3) is 0.579. The highest BCUT2D eigenvalue weighted by molar-refractivity contribution is 6.35. The van der Waals surface area contributed by atoms with E-state index >= 15 is 0 Å². The Morgan fingerprint density at radius 2 is 1.85 bits per heavy atom. The molecule has 26 heavy (non-hydrogen) atoms. The summed E-state index contributed by atoms with van der Waals surface area (Å²) in [5, 5.41) is 4.15. The van der Waals surface area contributed by atoms with Crippen LogP contribution in [0, 0.1) is 11.8 Å². The molecule has 2 amide bonds. The number of piperidine rings is 1. The second-order valence-corrected chi connectivity index (χ2v) is 8.07. The lowest BCUT2D eigenvalue weighted by Gasteiger charge is -2.33. The molecule has 0 spiro atoms. The number of hydrogen-bond donors (Lipinski definition) is 1. The summed E-state index contributed by atoms with van der Waals surface area (Å²) >= 11 is 12.1. The average Bonchev–Trinajstić information content (AvgIpc) is 3.01. The van der Waals surface area contributed by atoms with Crippen LogP contribution < -0.4 is 10.2 Å². The Balaban J connectivity index is 1.59. The third-order valence-electron chi connectivity index (χ3n) is 5.36. The molecule has 2 heterocycles. The average molecular weight is 398 g/mol. The van der Waals surface area contributed by atoms with Crippen LogP contribution in [0.25, 0.3) is 0 Å². The minimum atomic E-state index is -0.283. The smallest absolute Gasteiger partial charge is 0.228 e. The van der Waals surface area contributed by atoms with Gasteiger partial charge in [0.25, 0.3) is 0 Å². The minimum Gasteiger partial charge on any atom is -0.342 e. The normalized spacial score (nSPS) is 21.5. The molecule has 0 aliphatic carbocycles. The van der Waals surface area contributed by atoms with Crippen LogP contribution in [0.4, 0.5) is 5.69 Å². The van der Waals surface area contributed by atoms with Crippen molar-refractivity contribution in [2.45, 2.75) is 25.7 Å². The van der Waals surface area contributed by atoms with Gasteiger partial charge < -0.3 is 15.1 Å². The molecule has 2 aliphatic rings. The first-order valence-corrected chi connectivity index (χ1v) is 9.93. The monoisotopic (exact) mass is 397 g/mol. The zero-order valence-electron chi connectivity index (χ0n) is 15.0. The number of benzene rings is 1. The van der Waals surface area contributed by atoms with Gasteiger partial charge in [0.05, 0.1) is 5.92 Å². The van der Waals surface area contributed by atoms with E-state index in [0.29, 0.717) is 28.2 Å². The summed E-state index contributed by atoms with van der Waals surface area (Å²) in [6, 6.07) is 5.06. The summed E-state index contributed by atoms with van der Waals surface area (Å²) in [6.07, 6.45) is 3.50. The molecule has 1 N–H and O–H groups in total. The van der Waals surface area contributed by atoms with E-state index in [1.165, 1.54) is 0 Å². The van der Waals surface area contributed by atoms with Gasteiger partial charge in [-0.2, -0.15) is 0 Å². The van der Waals surface area contributed by atoms with Gasteiger partial charge >= 0.3 is 0 Å². The summed E-state index contributed by atoms with van der Waals surface area (Å²) in [6.45, 7) is 3.00. The Bertz CT molecular complexity index is 654. The van der Waals surface area contributed by atoms with Crippen LogP contribution in [0.15, 0.2) is 18.2 Å². The molecule has 2 aliphatic heterocycles. The molecule has 3 rings (SSSR count). The molecule has 5 nitrogen and oxygen atoms in total. The molecule has 142 valence electrons. The number of rotatable bonds is 5. The largest absolute Gasteiger partial charge is 0.342 e. The van der Waals surface area contributed by atoms with E-state index in [4.69, 9.17) is 23.2 Å². The zero-order chi connectivity index (χ0) is 18.7. The quantitative estimate of drug-likeness (QED) is 0.829. The summed E-state index contributed by atoms with van der Waals surface area (Å²) in [7, 11) is 1.97. The summed E-state index contributed by atoms with van der Waals surface area (Å²) in [4.78, 5) is 28.8. The number of likely N-dealkylation sites (tertiary alicyclic amines) is 1. The van der Waals surface area contributed by atoms with Gasteiger partial charge in [-0.1, -0.05) is 23.2 Å². The van der Waals surface area contributed by atoms with Gasteiger partial charge in [-0.25, -0.2) is 0 Å². The van der Waals surface area contributed by atoms with E-state index < -0.39 is 0 Å². The SMILES string of the molecule is CNCCC1CCN(C(=O)C2CC(=O)N(c3cc(Cl)cc(Cl)c3)C2)CC1. The molecular weight excluding hydrogens is 373 g/mol. The van der Waals surface area contributed by atoms with Crippen LogP contribution in [-0.2, 0) is 9.59 Å². The Kier molecular flexibility index (Phi) is 6.43. The van der Waals surface area contributed by atoms with E-state index in [9.17, 15) is 9.59 Å². The minimum absolute atomic E-state index is 0.0504. The Hall–Kier alpha value is -1.30. The van der Waals surface area contributed by atoms with Crippen LogP contribution in [0.5, 0.6) is 0 Å². The number of halogens is 2. The molecule has 1 unspecified atom stereocenters. The van der Waals surface area contributed by atoms with Crippen molar-refractivity contribution in [3.05, 3.63) is 28.2 Å². The van der Waals surface area contributed by atoms with Crippen molar-refractivity contribution in [1.82, 2.24) is 10.2 Å². The standard InChI is InChI=1S/C19H25Cl2N3O2/c1-22-5-2-13-3-6-23(7-4-13)19(26)14-8-18(25)24(12-14)17-10-15(20)9-16(21)11-17/h9-11,13-14,22H,2-8,12H2,1H3. The highest BCUT2D eigenvalue weighted by Crippen LogP contribution is 2.31. The van der Waals surface area contributed by atoms with Crippen molar-refractivity contribution in [2.24, 2.45) is 11.8 Å². The molecule has 1 aromatic rings. The molecule has 2 fully saturated rings. The zero-order valence-corrected chi connectivity index (χ0v) is 16.5. The van der Waals surface area contributed by atoms with E-state index in [1.54, 1.807) is 23.1 Å². The number of hydrogen-bond acceptors (Lipinski definition) is 3. The van der Waals surface area contributed by atoms with Crippen molar-refractivity contribution in [2.75, 3.05) is 38.1 Å². The van der Waals surface area contributed by atoms with Gasteiger partial charge in [-0.3, -0.25) is 9.59 Å². The first-order chi connectivity index (χ1) is 12.5. The molecule has 0 aromatic heterocycles. The van der Waals surface area contributed by atoms with Gasteiger partial charge in [0.2, 0.25) is 11.8 Å². The first kappa shape index (κ1) is 19.5. The lowest BCUT2D eigenvalue weighted by atomic mass is 9.92. The molecular formula is C19H25Cl2N3O2. The Labute approximate surface area is 164 Å². The van der Waals surface area contributed by atoms with E-state index in [1.807, 2.05) is 11.9 Å². The lowest BCUT2D eigenvalue weighted by molar-refractivity contribution is -0.137. The predicted molar refractivity (Wildman–Crippen MR) is 105 cm³/mol. The fourth-order valence-electron chi connectivity index (χ4n) is 3.87. The van der Waals surface area contributed by atoms with Crippen molar-refractivity contribution in [3.63, 3.8) is 0 Å². The van der Waals surface area contributed by atoms with Crippen LogP contribution >= 0.6 is 23.2 Å². The number of carbonyl (C=O) groups excluding carboxylic acids is 2. The molecule has 0 saturated carbocycles. The van der Waals surface area contributed by atoms with Crippen molar-refractivity contribution in [1.29, 1.82) is 0 Å². The van der Waals surface area contributed by atoms with Crippen LogP contribution in [-0.4, -0.2) is 49.9 Å². The van der Waals surface area contributed by atoms with E-state index in [-0.39, 0.29) is 24.2 Å². The summed E-state index contributed by atoms with van der Waals surface area (Å²) < 4.78 is 0. The lowest BCUT2D eigenvalue weighted by Crippen LogP contribution is -2.42. The predicted octanol–water partition coefficient (Wildman–Crippen LogP) is 3.19. The molecule has 0 radical (unpaired) electrons. The van der Waals surface area contributed by atoms with Gasteiger partial charge in [-0.05, 0) is 57.0 Å². The Morgan fingerprint density at radius 3 is 2.46 bits per heavy atom. The van der Waals surface area contributed by atoms with Crippen molar-refractivity contribution >= 4 is 40.7 Å². The van der Waals surface area contributed by atoms with Crippen molar-refractivity contribution < 1.29 is 9.59 Å². The first-order valence-electron chi connectivity index (χ1n) is 9.17.